The number of benzene rings is 3. The summed E-state index contributed by atoms with van der Waals surface area (Å²) >= 11 is 1.79. The van der Waals surface area contributed by atoms with E-state index in [0.717, 1.165) is 23.4 Å². The van der Waals surface area contributed by atoms with E-state index < -0.39 is 10.0 Å². The molecule has 9 heteroatoms. The molecule has 0 radical (unpaired) electrons. The molecule has 0 aliphatic rings. The average Bonchev–Trinajstić information content (AvgIpc) is 2.76. The van der Waals surface area contributed by atoms with E-state index in [2.05, 4.69) is 27.1 Å². The van der Waals surface area contributed by atoms with Gasteiger partial charge in [-0.3, -0.25) is 4.90 Å². The van der Waals surface area contributed by atoms with Crippen LogP contribution in [0.25, 0.3) is 10.4 Å². The van der Waals surface area contributed by atoms with Crippen LogP contribution in [0.1, 0.15) is 11.1 Å². The molecule has 31 heavy (non-hydrogen) atoms. The number of nitrogens with zero attached hydrogens (tertiary/aromatic N) is 4. The first-order valence-corrected chi connectivity index (χ1v) is 12.1. The fourth-order valence-corrected chi connectivity index (χ4v) is 4.49. The van der Waals surface area contributed by atoms with Gasteiger partial charge in [-0.25, -0.2) is 13.6 Å². The molecule has 0 unspecified atom stereocenters. The molecule has 0 bridgehead atoms. The van der Waals surface area contributed by atoms with Crippen LogP contribution in [0.5, 0.6) is 0 Å². The Labute approximate surface area is 186 Å². The van der Waals surface area contributed by atoms with Crippen LogP contribution in [-0.2, 0) is 23.1 Å². The highest BCUT2D eigenvalue weighted by Crippen LogP contribution is 2.20. The number of nitrogens with two attached hydrogens (primary N) is 1. The van der Waals surface area contributed by atoms with Gasteiger partial charge in [0, 0.05) is 40.9 Å². The van der Waals surface area contributed by atoms with Crippen molar-refractivity contribution >= 4 is 27.5 Å². The van der Waals surface area contributed by atoms with E-state index in [9.17, 15) is 8.42 Å². The Morgan fingerprint density at radius 3 is 2.03 bits per heavy atom. The highest BCUT2D eigenvalue weighted by atomic mass is 32.2. The minimum Gasteiger partial charge on any atom is -0.294 e. The van der Waals surface area contributed by atoms with Crippen LogP contribution in [0.3, 0.4) is 0 Å². The minimum atomic E-state index is -3.70. The Morgan fingerprint density at radius 1 is 0.903 bits per heavy atom. The van der Waals surface area contributed by atoms with E-state index >= 15 is 0 Å². The first-order valence-electron chi connectivity index (χ1n) is 9.60. The second-order valence-electron chi connectivity index (χ2n) is 6.92. The molecule has 7 nitrogen and oxygen atoms in total. The Kier molecular flexibility index (Phi) is 8.11. The number of primary sulfonamides is 1. The summed E-state index contributed by atoms with van der Waals surface area (Å²) < 4.78 is 23.0. The number of hydrogen-bond donors (Lipinski definition) is 1. The quantitative estimate of drug-likeness (QED) is 0.200. The monoisotopic (exact) mass is 453 g/mol. The molecule has 0 aliphatic heterocycles. The summed E-state index contributed by atoms with van der Waals surface area (Å²) in [5, 5.41) is 8.80. The van der Waals surface area contributed by atoms with Gasteiger partial charge in [0.15, 0.2) is 0 Å². The van der Waals surface area contributed by atoms with E-state index in [1.165, 1.54) is 17.0 Å². The molecular weight excluding hydrogens is 430 g/mol. The van der Waals surface area contributed by atoms with Crippen LogP contribution in [0, 0.1) is 0 Å². The van der Waals surface area contributed by atoms with Crippen LogP contribution >= 0.6 is 11.8 Å². The summed E-state index contributed by atoms with van der Waals surface area (Å²) in [7, 11) is -3.70. The smallest absolute Gasteiger partial charge is 0.238 e. The van der Waals surface area contributed by atoms with Gasteiger partial charge in [0.2, 0.25) is 10.0 Å². The third-order valence-electron chi connectivity index (χ3n) is 4.58. The van der Waals surface area contributed by atoms with Crippen molar-refractivity contribution < 1.29 is 8.42 Å². The summed E-state index contributed by atoms with van der Waals surface area (Å²) in [6.07, 6.45) is 0. The number of rotatable bonds is 10. The second kappa shape index (κ2) is 11.0. The van der Waals surface area contributed by atoms with Gasteiger partial charge in [0.1, 0.15) is 0 Å². The van der Waals surface area contributed by atoms with Crippen LogP contribution in [-0.4, -0.2) is 25.6 Å². The van der Waals surface area contributed by atoms with E-state index in [0.29, 0.717) is 18.8 Å². The zero-order valence-electron chi connectivity index (χ0n) is 16.8. The SMILES string of the molecule is [N-]=[N+]=Nc1ccc(CN(CCSc2ccccc2)Cc2ccc(S(N)(=O)=O)cc2)cc1. The first kappa shape index (κ1) is 22.9. The summed E-state index contributed by atoms with van der Waals surface area (Å²) in [6, 6.07) is 24.4. The van der Waals surface area contributed by atoms with Crippen LogP contribution in [0.2, 0.25) is 0 Å². The molecular formula is C22H23N5O2S2. The molecule has 3 aromatic rings. The molecule has 3 aromatic carbocycles. The molecule has 0 aromatic heterocycles. The lowest BCUT2D eigenvalue weighted by Crippen LogP contribution is -2.25. The van der Waals surface area contributed by atoms with E-state index in [1.807, 2.05) is 30.3 Å². The van der Waals surface area contributed by atoms with Gasteiger partial charge in [0.25, 0.3) is 0 Å². The lowest BCUT2D eigenvalue weighted by molar-refractivity contribution is 0.274. The van der Waals surface area contributed by atoms with E-state index in [1.54, 1.807) is 36.0 Å². The summed E-state index contributed by atoms with van der Waals surface area (Å²) in [4.78, 5) is 6.43. The zero-order valence-corrected chi connectivity index (χ0v) is 18.5. The number of sulfonamides is 1. The Hall–Kier alpha value is -2.81. The maximum Gasteiger partial charge on any atom is 0.238 e. The third kappa shape index (κ3) is 7.43. The largest absolute Gasteiger partial charge is 0.294 e. The van der Waals surface area contributed by atoms with Gasteiger partial charge in [-0.2, -0.15) is 0 Å². The fraction of sp³-hybridized carbons (Fsp3) is 0.182. The van der Waals surface area contributed by atoms with Crippen molar-refractivity contribution in [3.63, 3.8) is 0 Å². The molecule has 0 saturated carbocycles. The standard InChI is InChI=1S/C22H23N5O2S2/c23-26-25-20-10-6-18(7-11-20)16-27(14-15-30-21-4-2-1-3-5-21)17-19-8-12-22(13-9-19)31(24,28)29/h1-13H,14-17H2,(H2,24,28,29). The Balaban J connectivity index is 1.70. The molecule has 0 aliphatic carbocycles. The lowest BCUT2D eigenvalue weighted by atomic mass is 10.1. The molecule has 0 atom stereocenters. The van der Waals surface area contributed by atoms with Crippen LogP contribution in [0.4, 0.5) is 5.69 Å². The molecule has 0 amide bonds. The number of hydrogen-bond acceptors (Lipinski definition) is 5. The van der Waals surface area contributed by atoms with Gasteiger partial charge >= 0.3 is 0 Å². The predicted octanol–water partition coefficient (Wildman–Crippen LogP) is 5.07. The highest BCUT2D eigenvalue weighted by Gasteiger charge is 2.11. The van der Waals surface area contributed by atoms with Gasteiger partial charge < -0.3 is 0 Å². The molecule has 3 rings (SSSR count). The van der Waals surface area contributed by atoms with E-state index in [-0.39, 0.29) is 4.90 Å². The van der Waals surface area contributed by atoms with Gasteiger partial charge in [0.05, 0.1) is 4.90 Å². The highest BCUT2D eigenvalue weighted by molar-refractivity contribution is 7.99. The number of thioether (sulfide) groups is 1. The summed E-state index contributed by atoms with van der Waals surface area (Å²) in [6.45, 7) is 2.22. The molecule has 160 valence electrons. The minimum absolute atomic E-state index is 0.107. The van der Waals surface area contributed by atoms with Crippen molar-refractivity contribution in [2.45, 2.75) is 22.9 Å². The molecule has 0 saturated heterocycles. The summed E-state index contributed by atoms with van der Waals surface area (Å²) in [5.74, 6) is 0.913. The van der Waals surface area contributed by atoms with Gasteiger partial charge in [-0.15, -0.1) is 11.8 Å². The Bertz CT molecular complexity index is 1130. The average molecular weight is 454 g/mol. The predicted molar refractivity (Wildman–Crippen MR) is 124 cm³/mol. The molecule has 0 fully saturated rings. The van der Waals surface area contributed by atoms with Gasteiger partial charge in [-0.1, -0.05) is 59.7 Å². The maximum atomic E-state index is 11.5. The van der Waals surface area contributed by atoms with Crippen LogP contribution < -0.4 is 5.14 Å². The second-order valence-corrected chi connectivity index (χ2v) is 9.65. The molecule has 0 heterocycles. The molecule has 0 spiro atoms. The maximum absolute atomic E-state index is 11.5. The van der Waals surface area contributed by atoms with Crippen molar-refractivity contribution in [3.8, 4) is 0 Å². The van der Waals surface area contributed by atoms with Crippen molar-refractivity contribution in [3.05, 3.63) is 100 Å². The molecule has 2 N–H and O–H groups in total. The first-order chi connectivity index (χ1) is 14.9. The van der Waals surface area contributed by atoms with E-state index in [4.69, 9.17) is 10.7 Å². The van der Waals surface area contributed by atoms with Crippen molar-refractivity contribution in [1.29, 1.82) is 0 Å². The van der Waals surface area contributed by atoms with Crippen LogP contribution in [0.15, 0.2) is 93.8 Å². The van der Waals surface area contributed by atoms with Crippen molar-refractivity contribution in [2.75, 3.05) is 12.3 Å². The zero-order chi connectivity index (χ0) is 22.1. The Morgan fingerprint density at radius 2 is 1.48 bits per heavy atom. The normalized spacial score (nSPS) is 11.3. The lowest BCUT2D eigenvalue weighted by Gasteiger charge is -2.23. The van der Waals surface area contributed by atoms with Crippen molar-refractivity contribution in [1.82, 2.24) is 4.90 Å². The van der Waals surface area contributed by atoms with Crippen molar-refractivity contribution in [2.24, 2.45) is 10.3 Å². The fourth-order valence-electron chi connectivity index (χ4n) is 3.04. The summed E-state index contributed by atoms with van der Waals surface area (Å²) in [5.41, 5.74) is 11.2. The van der Waals surface area contributed by atoms with Gasteiger partial charge in [-0.05, 0) is 40.9 Å². The topological polar surface area (TPSA) is 112 Å². The number of azide groups is 1. The third-order valence-corrected chi connectivity index (χ3v) is 6.50.